The molecule has 27 heavy (non-hydrogen) atoms. The molecule has 1 fully saturated rings. The molecule has 4 rings (SSSR count). The Hall–Kier alpha value is -3.02. The Morgan fingerprint density at radius 3 is 2.63 bits per heavy atom. The number of carbonyl (C=O) groups is 2. The van der Waals surface area contributed by atoms with Crippen LogP contribution in [-0.2, 0) is 11.3 Å². The van der Waals surface area contributed by atoms with E-state index in [1.807, 2.05) is 55.5 Å². The minimum atomic E-state index is -0.756. The van der Waals surface area contributed by atoms with Crippen LogP contribution < -0.4 is 10.1 Å². The summed E-state index contributed by atoms with van der Waals surface area (Å²) in [6, 6.07) is 15.2. The summed E-state index contributed by atoms with van der Waals surface area (Å²) in [7, 11) is 0. The maximum atomic E-state index is 12.6. The normalized spacial score (nSPS) is 17.7. The molecular formula is C21H22N2O4. The maximum Gasteiger partial charge on any atom is 0.410 e. The number of fused-ring (bicyclic) bond motifs is 1. The molecule has 0 saturated carbocycles. The molecule has 0 aliphatic carbocycles. The van der Waals surface area contributed by atoms with Crippen molar-refractivity contribution in [3.63, 3.8) is 0 Å². The molecule has 2 aliphatic heterocycles. The molecule has 2 aliphatic rings. The lowest BCUT2D eigenvalue weighted by Gasteiger charge is -2.44. The Bertz CT molecular complexity index is 858. The zero-order chi connectivity index (χ0) is 18.9. The van der Waals surface area contributed by atoms with Gasteiger partial charge in [-0.25, -0.2) is 4.79 Å². The van der Waals surface area contributed by atoms with E-state index in [1.54, 1.807) is 4.90 Å². The molecule has 0 aromatic heterocycles. The zero-order valence-electron chi connectivity index (χ0n) is 15.2. The first-order chi connectivity index (χ1) is 13.1. The molecule has 0 bridgehead atoms. The molecule has 2 aromatic carbocycles. The van der Waals surface area contributed by atoms with E-state index in [0.29, 0.717) is 37.2 Å². The highest BCUT2D eigenvalue weighted by Crippen LogP contribution is 2.34. The molecule has 6 heteroatoms. The predicted octanol–water partition coefficient (Wildman–Crippen LogP) is 3.25. The van der Waals surface area contributed by atoms with Crippen LogP contribution in [0.1, 0.15) is 34.3 Å². The van der Waals surface area contributed by atoms with Gasteiger partial charge in [-0.15, -0.1) is 0 Å². The van der Waals surface area contributed by atoms with Crippen molar-refractivity contribution in [3.8, 4) is 5.75 Å². The SMILES string of the molecule is Cc1cccc2c1C(=O)NC1(CCN(C(=O)OCc3ccccc3)CC1)O2. The van der Waals surface area contributed by atoms with E-state index in [1.165, 1.54) is 0 Å². The van der Waals surface area contributed by atoms with Crippen LogP contribution in [-0.4, -0.2) is 35.7 Å². The number of nitrogens with zero attached hydrogens (tertiary/aromatic N) is 1. The van der Waals surface area contributed by atoms with Gasteiger partial charge in [-0.05, 0) is 24.1 Å². The summed E-state index contributed by atoms with van der Waals surface area (Å²) < 4.78 is 11.6. The molecule has 6 nitrogen and oxygen atoms in total. The van der Waals surface area contributed by atoms with Crippen molar-refractivity contribution >= 4 is 12.0 Å². The van der Waals surface area contributed by atoms with Gasteiger partial charge in [-0.2, -0.15) is 0 Å². The summed E-state index contributed by atoms with van der Waals surface area (Å²) in [5.41, 5.74) is 1.68. The van der Waals surface area contributed by atoms with Gasteiger partial charge in [-0.3, -0.25) is 4.79 Å². The molecular weight excluding hydrogens is 344 g/mol. The van der Waals surface area contributed by atoms with Crippen LogP contribution in [0.25, 0.3) is 0 Å². The number of nitrogens with one attached hydrogen (secondary N) is 1. The second-order valence-corrected chi connectivity index (χ2v) is 7.03. The van der Waals surface area contributed by atoms with E-state index >= 15 is 0 Å². The van der Waals surface area contributed by atoms with E-state index in [2.05, 4.69) is 5.32 Å². The summed E-state index contributed by atoms with van der Waals surface area (Å²) in [4.78, 5) is 26.5. The van der Waals surface area contributed by atoms with Crippen molar-refractivity contribution in [1.82, 2.24) is 10.2 Å². The highest BCUT2D eigenvalue weighted by Gasteiger charge is 2.43. The fourth-order valence-electron chi connectivity index (χ4n) is 3.61. The van der Waals surface area contributed by atoms with Crippen molar-refractivity contribution in [1.29, 1.82) is 0 Å². The number of piperidine rings is 1. The number of ether oxygens (including phenoxy) is 2. The Balaban J connectivity index is 1.37. The minimum absolute atomic E-state index is 0.116. The lowest BCUT2D eigenvalue weighted by Crippen LogP contribution is -2.61. The monoisotopic (exact) mass is 366 g/mol. The number of carbonyl (C=O) groups excluding carboxylic acids is 2. The number of hydrogen-bond acceptors (Lipinski definition) is 4. The van der Waals surface area contributed by atoms with Gasteiger partial charge >= 0.3 is 6.09 Å². The number of rotatable bonds is 2. The number of hydrogen-bond donors (Lipinski definition) is 1. The summed E-state index contributed by atoms with van der Waals surface area (Å²) >= 11 is 0. The Kier molecular flexibility index (Phi) is 4.48. The smallest absolute Gasteiger partial charge is 0.410 e. The van der Waals surface area contributed by atoms with Crippen LogP contribution in [0, 0.1) is 6.92 Å². The largest absolute Gasteiger partial charge is 0.467 e. The fraction of sp³-hybridized carbons (Fsp3) is 0.333. The van der Waals surface area contributed by atoms with Crippen LogP contribution in [0.3, 0.4) is 0 Å². The predicted molar refractivity (Wildman–Crippen MR) is 99.4 cm³/mol. The third-order valence-corrected chi connectivity index (χ3v) is 5.14. The third kappa shape index (κ3) is 3.47. The third-order valence-electron chi connectivity index (χ3n) is 5.14. The van der Waals surface area contributed by atoms with Gasteiger partial charge in [0.15, 0.2) is 5.72 Å². The maximum absolute atomic E-state index is 12.6. The van der Waals surface area contributed by atoms with Crippen molar-refractivity contribution in [2.75, 3.05) is 13.1 Å². The average molecular weight is 366 g/mol. The van der Waals surface area contributed by atoms with Gasteiger partial charge in [0.05, 0.1) is 5.56 Å². The second kappa shape index (κ2) is 6.95. The first-order valence-electron chi connectivity index (χ1n) is 9.13. The lowest BCUT2D eigenvalue weighted by molar-refractivity contribution is -0.0283. The van der Waals surface area contributed by atoms with Crippen molar-refractivity contribution in [2.24, 2.45) is 0 Å². The zero-order valence-corrected chi connectivity index (χ0v) is 15.2. The number of likely N-dealkylation sites (tertiary alicyclic amines) is 1. The van der Waals surface area contributed by atoms with Gasteiger partial charge in [0.2, 0.25) is 0 Å². The summed E-state index contributed by atoms with van der Waals surface area (Å²) in [5, 5.41) is 3.01. The van der Waals surface area contributed by atoms with Crippen LogP contribution in [0.15, 0.2) is 48.5 Å². The summed E-state index contributed by atoms with van der Waals surface area (Å²) in [6.45, 7) is 3.08. The standard InChI is InChI=1S/C21H22N2O4/c1-15-6-5-9-17-18(15)19(24)22-21(27-17)10-12-23(13-11-21)20(25)26-14-16-7-3-2-4-8-16/h2-9H,10-14H2,1H3,(H,22,24). The van der Waals surface area contributed by atoms with Crippen molar-refractivity contribution < 1.29 is 19.1 Å². The highest BCUT2D eigenvalue weighted by molar-refractivity contribution is 5.99. The molecule has 140 valence electrons. The quantitative estimate of drug-likeness (QED) is 0.886. The summed E-state index contributed by atoms with van der Waals surface area (Å²) in [6.07, 6.45) is 0.700. The Morgan fingerprint density at radius 1 is 1.15 bits per heavy atom. The molecule has 0 atom stereocenters. The van der Waals surface area contributed by atoms with Gasteiger partial charge in [0.25, 0.3) is 5.91 Å². The van der Waals surface area contributed by atoms with E-state index < -0.39 is 5.72 Å². The molecule has 2 amide bonds. The van der Waals surface area contributed by atoms with Crippen molar-refractivity contribution in [2.45, 2.75) is 32.1 Å². The molecule has 0 radical (unpaired) electrons. The molecule has 1 saturated heterocycles. The summed E-state index contributed by atoms with van der Waals surface area (Å²) in [5.74, 6) is 0.494. The Morgan fingerprint density at radius 2 is 1.89 bits per heavy atom. The van der Waals surface area contributed by atoms with E-state index in [0.717, 1.165) is 11.1 Å². The lowest BCUT2D eigenvalue weighted by atomic mass is 9.96. The molecule has 1 N–H and O–H groups in total. The first kappa shape index (κ1) is 17.4. The topological polar surface area (TPSA) is 67.9 Å². The number of aryl methyl sites for hydroxylation is 1. The number of amides is 2. The first-order valence-corrected chi connectivity index (χ1v) is 9.13. The number of benzene rings is 2. The van der Waals surface area contributed by atoms with Crippen LogP contribution >= 0.6 is 0 Å². The Labute approximate surface area is 158 Å². The van der Waals surface area contributed by atoms with Gasteiger partial charge in [0, 0.05) is 25.9 Å². The highest BCUT2D eigenvalue weighted by atomic mass is 16.6. The van der Waals surface area contributed by atoms with E-state index in [-0.39, 0.29) is 18.6 Å². The molecule has 2 aromatic rings. The van der Waals surface area contributed by atoms with Crippen LogP contribution in [0.5, 0.6) is 5.75 Å². The molecule has 2 heterocycles. The molecule has 0 unspecified atom stereocenters. The average Bonchev–Trinajstić information content (AvgIpc) is 2.67. The fourth-order valence-corrected chi connectivity index (χ4v) is 3.61. The van der Waals surface area contributed by atoms with E-state index in [4.69, 9.17) is 9.47 Å². The molecule has 1 spiro atoms. The van der Waals surface area contributed by atoms with Crippen LogP contribution in [0.4, 0.5) is 4.79 Å². The van der Waals surface area contributed by atoms with Crippen LogP contribution in [0.2, 0.25) is 0 Å². The van der Waals surface area contributed by atoms with Crippen molar-refractivity contribution in [3.05, 3.63) is 65.2 Å². The second-order valence-electron chi connectivity index (χ2n) is 7.03. The minimum Gasteiger partial charge on any atom is -0.467 e. The van der Waals surface area contributed by atoms with Gasteiger partial charge in [0.1, 0.15) is 12.4 Å². The van der Waals surface area contributed by atoms with Gasteiger partial charge in [-0.1, -0.05) is 42.5 Å². The van der Waals surface area contributed by atoms with Gasteiger partial charge < -0.3 is 19.7 Å². The van der Waals surface area contributed by atoms with E-state index in [9.17, 15) is 9.59 Å².